The molecule has 0 spiro atoms. The minimum Gasteiger partial charge on any atom is -0.354 e. The Morgan fingerprint density at radius 1 is 1.20 bits per heavy atom. The van der Waals surface area contributed by atoms with Crippen LogP contribution in [-0.4, -0.2) is 52.5 Å². The maximum Gasteiger partial charge on any atom is 0.257 e. The second kappa shape index (κ2) is 9.34. The summed E-state index contributed by atoms with van der Waals surface area (Å²) in [5.41, 5.74) is 0.674. The summed E-state index contributed by atoms with van der Waals surface area (Å²) in [6.45, 7) is 2.71. The lowest BCUT2D eigenvalue weighted by Gasteiger charge is -2.31. The van der Waals surface area contributed by atoms with E-state index in [1.54, 1.807) is 12.1 Å². The molecule has 2 N–H and O–H groups in total. The summed E-state index contributed by atoms with van der Waals surface area (Å²) >= 11 is 0. The number of nitrogens with zero attached hydrogens (tertiary/aromatic N) is 3. The maximum absolute atomic E-state index is 13.1. The minimum absolute atomic E-state index is 0.0325. The van der Waals surface area contributed by atoms with Gasteiger partial charge in [0.05, 0.1) is 6.54 Å². The highest BCUT2D eigenvalue weighted by Gasteiger charge is 2.29. The Labute approximate surface area is 174 Å². The Morgan fingerprint density at radius 2 is 1.97 bits per heavy atom. The lowest BCUT2D eigenvalue weighted by atomic mass is 9.95. The third kappa shape index (κ3) is 5.02. The summed E-state index contributed by atoms with van der Waals surface area (Å²) in [4.78, 5) is 31.2. The first-order valence-electron chi connectivity index (χ1n) is 10.5. The molecule has 30 heavy (non-hydrogen) atoms. The van der Waals surface area contributed by atoms with Gasteiger partial charge in [-0.25, -0.2) is 4.39 Å². The van der Waals surface area contributed by atoms with Crippen molar-refractivity contribution in [2.45, 2.75) is 44.7 Å². The number of halogens is 1. The highest BCUT2D eigenvalue weighted by Crippen LogP contribution is 2.21. The highest BCUT2D eigenvalue weighted by atomic mass is 19.1. The fourth-order valence-corrected chi connectivity index (χ4v) is 3.95. The molecular weight excluding hydrogens is 389 g/mol. The summed E-state index contributed by atoms with van der Waals surface area (Å²) in [5.74, 6) is 0.415. The highest BCUT2D eigenvalue weighted by molar-refractivity contribution is 5.88. The number of hydrogen-bond acceptors (Lipinski definition) is 6. The van der Waals surface area contributed by atoms with Gasteiger partial charge < -0.3 is 15.2 Å². The van der Waals surface area contributed by atoms with Gasteiger partial charge in [-0.1, -0.05) is 5.16 Å². The van der Waals surface area contributed by atoms with Crippen molar-refractivity contribution in [2.24, 2.45) is 5.92 Å². The smallest absolute Gasteiger partial charge is 0.257 e. The van der Waals surface area contributed by atoms with Gasteiger partial charge in [-0.3, -0.25) is 14.5 Å². The molecule has 0 saturated carbocycles. The summed E-state index contributed by atoms with van der Waals surface area (Å²) in [7, 11) is 0. The topological polar surface area (TPSA) is 100 Å². The van der Waals surface area contributed by atoms with Gasteiger partial charge in [-0.2, -0.15) is 4.98 Å². The number of carbonyl (C=O) groups is 2. The predicted octanol–water partition coefficient (Wildman–Crippen LogP) is 1.87. The second-order valence-corrected chi connectivity index (χ2v) is 7.92. The number of benzene rings is 1. The average molecular weight is 415 g/mol. The number of rotatable bonds is 5. The first-order valence-corrected chi connectivity index (χ1v) is 10.5. The van der Waals surface area contributed by atoms with E-state index in [9.17, 15) is 14.0 Å². The number of carbonyl (C=O) groups excluding carboxylic acids is 2. The predicted molar refractivity (Wildman–Crippen MR) is 106 cm³/mol. The van der Waals surface area contributed by atoms with Crippen LogP contribution in [0.1, 0.15) is 37.9 Å². The SMILES string of the molecule is O=C(NC1CCCCNC1=O)C1CCN(Cc2noc(-c3ccc(F)cc3)n2)CC1. The van der Waals surface area contributed by atoms with Gasteiger partial charge in [0.2, 0.25) is 11.8 Å². The van der Waals surface area contributed by atoms with Crippen molar-refractivity contribution in [1.29, 1.82) is 0 Å². The molecule has 3 heterocycles. The molecular formula is C21H26FN5O3. The van der Waals surface area contributed by atoms with E-state index < -0.39 is 6.04 Å². The van der Waals surface area contributed by atoms with E-state index in [4.69, 9.17) is 4.52 Å². The normalized spacial score (nSPS) is 21.1. The summed E-state index contributed by atoms with van der Waals surface area (Å²) in [5, 5.41) is 9.80. The molecule has 160 valence electrons. The molecule has 2 amide bonds. The number of hydrogen-bond donors (Lipinski definition) is 2. The van der Waals surface area contributed by atoms with Crippen LogP contribution < -0.4 is 10.6 Å². The zero-order valence-electron chi connectivity index (χ0n) is 16.8. The van der Waals surface area contributed by atoms with E-state index >= 15 is 0 Å². The van der Waals surface area contributed by atoms with Crippen LogP contribution in [0, 0.1) is 11.7 Å². The molecule has 2 saturated heterocycles. The molecule has 8 nitrogen and oxygen atoms in total. The summed E-state index contributed by atoms with van der Waals surface area (Å²) < 4.78 is 18.3. The van der Waals surface area contributed by atoms with E-state index in [0.717, 1.165) is 38.8 Å². The molecule has 0 radical (unpaired) electrons. The van der Waals surface area contributed by atoms with E-state index in [1.165, 1.54) is 12.1 Å². The van der Waals surface area contributed by atoms with Crippen LogP contribution in [0.3, 0.4) is 0 Å². The summed E-state index contributed by atoms with van der Waals surface area (Å²) in [6, 6.07) is 5.50. The van der Waals surface area contributed by atoms with Gasteiger partial charge >= 0.3 is 0 Å². The van der Waals surface area contributed by atoms with Crippen molar-refractivity contribution < 1.29 is 18.5 Å². The quantitative estimate of drug-likeness (QED) is 0.773. The first kappa shape index (κ1) is 20.5. The fraction of sp³-hybridized carbons (Fsp3) is 0.524. The van der Waals surface area contributed by atoms with Crippen LogP contribution in [0.25, 0.3) is 11.5 Å². The van der Waals surface area contributed by atoms with Gasteiger partial charge in [-0.05, 0) is 69.5 Å². The fourth-order valence-electron chi connectivity index (χ4n) is 3.95. The van der Waals surface area contributed by atoms with E-state index in [1.807, 2.05) is 0 Å². The molecule has 1 unspecified atom stereocenters. The zero-order valence-corrected chi connectivity index (χ0v) is 16.8. The van der Waals surface area contributed by atoms with Crippen molar-refractivity contribution in [3.8, 4) is 11.5 Å². The Kier molecular flexibility index (Phi) is 6.37. The molecule has 9 heteroatoms. The van der Waals surface area contributed by atoms with Crippen molar-refractivity contribution in [1.82, 2.24) is 25.7 Å². The second-order valence-electron chi connectivity index (χ2n) is 7.92. The largest absolute Gasteiger partial charge is 0.354 e. The molecule has 2 aromatic rings. The standard InChI is InChI=1S/C21H26FN5O3/c22-16-6-4-15(5-7-16)21-25-18(26-30-21)13-27-11-8-14(9-12-27)19(28)24-17-3-1-2-10-23-20(17)29/h4-7,14,17H,1-3,8-13H2,(H,23,29)(H,24,28). The Bertz CT molecular complexity index is 877. The minimum atomic E-state index is -0.415. The number of likely N-dealkylation sites (tertiary alicyclic amines) is 1. The number of amides is 2. The van der Waals surface area contributed by atoms with Gasteiger partial charge in [0.1, 0.15) is 11.9 Å². The van der Waals surface area contributed by atoms with Crippen molar-refractivity contribution in [3.63, 3.8) is 0 Å². The van der Waals surface area contributed by atoms with E-state index in [-0.39, 0.29) is 23.5 Å². The molecule has 2 fully saturated rings. The van der Waals surface area contributed by atoms with E-state index in [2.05, 4.69) is 25.7 Å². The van der Waals surface area contributed by atoms with Gasteiger partial charge in [0.15, 0.2) is 5.82 Å². The van der Waals surface area contributed by atoms with Crippen molar-refractivity contribution in [3.05, 3.63) is 35.9 Å². The Hall–Kier alpha value is -2.81. The third-order valence-electron chi connectivity index (χ3n) is 5.73. The van der Waals surface area contributed by atoms with Crippen LogP contribution in [0.15, 0.2) is 28.8 Å². The molecule has 1 atom stereocenters. The zero-order chi connectivity index (χ0) is 20.9. The Balaban J connectivity index is 1.26. The molecule has 1 aromatic heterocycles. The van der Waals surface area contributed by atoms with Crippen LogP contribution in [0.2, 0.25) is 0 Å². The number of piperidine rings is 1. The van der Waals surface area contributed by atoms with Crippen LogP contribution >= 0.6 is 0 Å². The molecule has 0 bridgehead atoms. The van der Waals surface area contributed by atoms with Gasteiger partial charge in [0, 0.05) is 18.0 Å². The third-order valence-corrected chi connectivity index (χ3v) is 5.73. The molecule has 4 rings (SSSR count). The van der Waals surface area contributed by atoms with Crippen molar-refractivity contribution >= 4 is 11.8 Å². The number of nitrogens with one attached hydrogen (secondary N) is 2. The molecule has 2 aliphatic rings. The molecule has 1 aromatic carbocycles. The summed E-state index contributed by atoms with van der Waals surface area (Å²) in [6.07, 6.45) is 4.04. The van der Waals surface area contributed by atoms with Crippen LogP contribution in [-0.2, 0) is 16.1 Å². The lowest BCUT2D eigenvalue weighted by Crippen LogP contribution is -2.49. The Morgan fingerprint density at radius 3 is 2.73 bits per heavy atom. The maximum atomic E-state index is 13.1. The average Bonchev–Trinajstić information content (AvgIpc) is 3.12. The van der Waals surface area contributed by atoms with Gasteiger partial charge in [0.25, 0.3) is 5.89 Å². The number of aromatic nitrogens is 2. The molecule has 0 aliphatic carbocycles. The monoisotopic (exact) mass is 415 g/mol. The molecule has 2 aliphatic heterocycles. The lowest BCUT2D eigenvalue weighted by molar-refractivity contribution is -0.132. The van der Waals surface area contributed by atoms with Gasteiger partial charge in [-0.15, -0.1) is 0 Å². The van der Waals surface area contributed by atoms with Crippen LogP contribution in [0.5, 0.6) is 0 Å². The first-order chi connectivity index (χ1) is 14.6. The van der Waals surface area contributed by atoms with Crippen molar-refractivity contribution in [2.75, 3.05) is 19.6 Å². The van der Waals surface area contributed by atoms with Crippen LogP contribution in [0.4, 0.5) is 4.39 Å². The van der Waals surface area contributed by atoms with E-state index in [0.29, 0.717) is 36.8 Å².